The number of aromatic nitrogens is 3. The van der Waals surface area contributed by atoms with Crippen molar-refractivity contribution in [2.45, 2.75) is 59.2 Å². The fourth-order valence-electron chi connectivity index (χ4n) is 3.79. The second kappa shape index (κ2) is 9.51. The molecule has 9 nitrogen and oxygen atoms in total. The monoisotopic (exact) mass is 461 g/mol. The van der Waals surface area contributed by atoms with Gasteiger partial charge in [0, 0.05) is 30.5 Å². The summed E-state index contributed by atoms with van der Waals surface area (Å²) < 4.78 is 34.2. The largest absolute Gasteiger partial charge is 0.374 e. The van der Waals surface area contributed by atoms with Gasteiger partial charge >= 0.3 is 0 Å². The summed E-state index contributed by atoms with van der Waals surface area (Å²) in [6, 6.07) is 7.62. The minimum atomic E-state index is -3.43. The first kappa shape index (κ1) is 24.1. The molecule has 0 aliphatic carbocycles. The number of pyridine rings is 1. The summed E-state index contributed by atoms with van der Waals surface area (Å²) in [6.45, 7) is 8.54. The van der Waals surface area contributed by atoms with Crippen molar-refractivity contribution >= 4 is 43.7 Å². The van der Waals surface area contributed by atoms with Crippen molar-refractivity contribution in [1.82, 2.24) is 19.3 Å². The van der Waals surface area contributed by atoms with Gasteiger partial charge in [-0.05, 0) is 33.3 Å². The SMILES string of the molecule is CCCC(=O)Nc1nc2ccccc2c2c1nc(COCC)n2CC(C)(C)NS(C)(=O)=O. The minimum absolute atomic E-state index is 0.128. The van der Waals surface area contributed by atoms with E-state index in [1.54, 1.807) is 0 Å². The van der Waals surface area contributed by atoms with E-state index in [-0.39, 0.29) is 12.5 Å². The lowest BCUT2D eigenvalue weighted by Gasteiger charge is -2.27. The van der Waals surface area contributed by atoms with Crippen molar-refractivity contribution in [2.24, 2.45) is 0 Å². The van der Waals surface area contributed by atoms with Crippen LogP contribution in [0, 0.1) is 0 Å². The Hall–Kier alpha value is -2.56. The Morgan fingerprint density at radius 3 is 2.56 bits per heavy atom. The Morgan fingerprint density at radius 1 is 1.19 bits per heavy atom. The van der Waals surface area contributed by atoms with Crippen molar-refractivity contribution in [3.8, 4) is 0 Å². The van der Waals surface area contributed by atoms with Crippen molar-refractivity contribution in [2.75, 3.05) is 18.2 Å². The Kier molecular flexibility index (Phi) is 7.16. The molecule has 3 rings (SSSR count). The number of benzene rings is 1. The molecule has 0 unspecified atom stereocenters. The van der Waals surface area contributed by atoms with E-state index in [9.17, 15) is 13.2 Å². The fourth-order valence-corrected chi connectivity index (χ4v) is 4.86. The molecule has 0 spiro atoms. The number of hydrogen-bond donors (Lipinski definition) is 2. The van der Waals surface area contributed by atoms with Crippen LogP contribution in [-0.4, -0.2) is 47.3 Å². The molecule has 2 N–H and O–H groups in total. The van der Waals surface area contributed by atoms with Gasteiger partial charge in [-0.2, -0.15) is 0 Å². The Bertz CT molecular complexity index is 1230. The third-order valence-corrected chi connectivity index (χ3v) is 5.77. The van der Waals surface area contributed by atoms with Gasteiger partial charge in [0.25, 0.3) is 0 Å². The zero-order valence-corrected chi connectivity index (χ0v) is 20.0. The predicted octanol–water partition coefficient (Wildman–Crippen LogP) is 3.19. The third kappa shape index (κ3) is 5.62. The third-order valence-electron chi connectivity index (χ3n) is 4.85. The number of rotatable bonds is 10. The summed E-state index contributed by atoms with van der Waals surface area (Å²) in [5.74, 6) is 0.897. The van der Waals surface area contributed by atoms with E-state index < -0.39 is 15.6 Å². The van der Waals surface area contributed by atoms with E-state index in [1.165, 1.54) is 0 Å². The van der Waals surface area contributed by atoms with Gasteiger partial charge in [0.15, 0.2) is 5.82 Å². The van der Waals surface area contributed by atoms with Crippen LogP contribution in [0.3, 0.4) is 0 Å². The van der Waals surface area contributed by atoms with Gasteiger partial charge in [0.1, 0.15) is 17.9 Å². The van der Waals surface area contributed by atoms with Crippen LogP contribution in [0.15, 0.2) is 24.3 Å². The average molecular weight is 462 g/mol. The van der Waals surface area contributed by atoms with Crippen LogP contribution in [0.2, 0.25) is 0 Å². The normalized spacial score (nSPS) is 12.5. The molecule has 0 saturated carbocycles. The number of sulfonamides is 1. The second-order valence-corrected chi connectivity index (χ2v) is 10.2. The number of hydrogen-bond acceptors (Lipinski definition) is 6. The average Bonchev–Trinajstić information content (AvgIpc) is 3.03. The molecule has 2 aromatic heterocycles. The summed E-state index contributed by atoms with van der Waals surface area (Å²) in [5, 5.41) is 3.76. The van der Waals surface area contributed by atoms with E-state index in [4.69, 9.17) is 9.72 Å². The van der Waals surface area contributed by atoms with Crippen LogP contribution in [0.4, 0.5) is 5.82 Å². The van der Waals surface area contributed by atoms with Crippen molar-refractivity contribution < 1.29 is 17.9 Å². The molecule has 0 atom stereocenters. The van der Waals surface area contributed by atoms with Gasteiger partial charge in [-0.3, -0.25) is 4.79 Å². The van der Waals surface area contributed by atoms with Crippen LogP contribution in [0.25, 0.3) is 21.9 Å². The van der Waals surface area contributed by atoms with Crippen LogP contribution < -0.4 is 10.0 Å². The summed E-state index contributed by atoms with van der Waals surface area (Å²) >= 11 is 0. The van der Waals surface area contributed by atoms with E-state index in [0.29, 0.717) is 42.2 Å². The molecule has 0 aliphatic rings. The standard InChI is InChI=1S/C22H31N5O4S/c1-6-10-18(28)25-21-19-20(15-11-8-9-12-16(15)23-21)27(17(24-19)13-31-7-2)14-22(3,4)26-32(5,29)30/h8-9,11-12,26H,6-7,10,13-14H2,1-5H3,(H,23,25,28). The topological polar surface area (TPSA) is 115 Å². The van der Waals surface area contributed by atoms with Gasteiger partial charge in [0.05, 0.1) is 17.3 Å². The highest BCUT2D eigenvalue weighted by Gasteiger charge is 2.27. The van der Waals surface area contributed by atoms with Crippen LogP contribution in [0.1, 0.15) is 46.4 Å². The van der Waals surface area contributed by atoms with E-state index in [2.05, 4.69) is 15.0 Å². The van der Waals surface area contributed by atoms with Crippen molar-refractivity contribution in [3.63, 3.8) is 0 Å². The predicted molar refractivity (Wildman–Crippen MR) is 126 cm³/mol. The molecule has 10 heteroatoms. The Morgan fingerprint density at radius 2 is 1.91 bits per heavy atom. The molecule has 0 radical (unpaired) electrons. The number of nitrogens with zero attached hydrogens (tertiary/aromatic N) is 3. The maximum atomic E-state index is 12.4. The number of ether oxygens (including phenoxy) is 1. The van der Waals surface area contributed by atoms with Crippen molar-refractivity contribution in [3.05, 3.63) is 30.1 Å². The smallest absolute Gasteiger partial charge is 0.225 e. The summed E-state index contributed by atoms with van der Waals surface area (Å²) in [6.07, 6.45) is 2.24. The Labute approximate surface area is 188 Å². The molecule has 1 aromatic carbocycles. The summed E-state index contributed by atoms with van der Waals surface area (Å²) in [4.78, 5) is 21.8. The highest BCUT2D eigenvalue weighted by Crippen LogP contribution is 2.31. The molecule has 3 aromatic rings. The Balaban J connectivity index is 2.25. The lowest BCUT2D eigenvalue weighted by molar-refractivity contribution is -0.116. The molecule has 1 amide bonds. The molecular formula is C22H31N5O4S. The van der Waals surface area contributed by atoms with Gasteiger partial charge in [-0.15, -0.1) is 0 Å². The van der Waals surface area contributed by atoms with E-state index >= 15 is 0 Å². The van der Waals surface area contributed by atoms with E-state index in [0.717, 1.165) is 23.6 Å². The number of para-hydroxylation sites is 1. The van der Waals surface area contributed by atoms with Gasteiger partial charge in [0.2, 0.25) is 15.9 Å². The number of amides is 1. The number of anilines is 1. The zero-order valence-electron chi connectivity index (χ0n) is 19.2. The maximum Gasteiger partial charge on any atom is 0.225 e. The highest BCUT2D eigenvalue weighted by atomic mass is 32.2. The first-order valence-electron chi connectivity index (χ1n) is 10.7. The minimum Gasteiger partial charge on any atom is -0.374 e. The van der Waals surface area contributed by atoms with Crippen LogP contribution in [-0.2, 0) is 32.7 Å². The molecule has 32 heavy (non-hydrogen) atoms. The first-order valence-corrected chi connectivity index (χ1v) is 12.6. The fraction of sp³-hybridized carbons (Fsp3) is 0.500. The number of carbonyl (C=O) groups excluding carboxylic acids is 1. The number of nitrogens with one attached hydrogen (secondary N) is 2. The molecule has 0 aliphatic heterocycles. The quantitative estimate of drug-likeness (QED) is 0.479. The second-order valence-electron chi connectivity index (χ2n) is 8.48. The number of imidazole rings is 1. The van der Waals surface area contributed by atoms with Crippen molar-refractivity contribution in [1.29, 1.82) is 0 Å². The molecule has 174 valence electrons. The summed E-state index contributed by atoms with van der Waals surface area (Å²) in [7, 11) is -3.43. The first-order chi connectivity index (χ1) is 15.0. The van der Waals surface area contributed by atoms with Gasteiger partial charge < -0.3 is 14.6 Å². The number of fused-ring (bicyclic) bond motifs is 3. The lowest BCUT2D eigenvalue weighted by atomic mass is 10.1. The molecule has 0 bridgehead atoms. The summed E-state index contributed by atoms with van der Waals surface area (Å²) in [5.41, 5.74) is 1.25. The molecule has 0 saturated heterocycles. The zero-order chi connectivity index (χ0) is 23.5. The molecule has 2 heterocycles. The highest BCUT2D eigenvalue weighted by molar-refractivity contribution is 7.88. The number of carbonyl (C=O) groups is 1. The lowest BCUT2D eigenvalue weighted by Crippen LogP contribution is -2.46. The molecular weight excluding hydrogens is 430 g/mol. The molecule has 0 fully saturated rings. The van der Waals surface area contributed by atoms with Gasteiger partial charge in [-0.25, -0.2) is 23.1 Å². The van der Waals surface area contributed by atoms with Crippen LogP contribution >= 0.6 is 0 Å². The maximum absolute atomic E-state index is 12.4. The van der Waals surface area contributed by atoms with Crippen LogP contribution in [0.5, 0.6) is 0 Å². The van der Waals surface area contributed by atoms with E-state index in [1.807, 2.05) is 56.5 Å². The van der Waals surface area contributed by atoms with Gasteiger partial charge in [-0.1, -0.05) is 25.1 Å².